The van der Waals surface area contributed by atoms with Crippen molar-refractivity contribution in [2.24, 2.45) is 0 Å². The topological polar surface area (TPSA) is 184 Å². The highest BCUT2D eigenvalue weighted by Crippen LogP contribution is 2.08. The van der Waals surface area contributed by atoms with Crippen LogP contribution in [0.4, 0.5) is 4.79 Å². The van der Waals surface area contributed by atoms with Gasteiger partial charge in [-0.15, -0.1) is 12.3 Å². The summed E-state index contributed by atoms with van der Waals surface area (Å²) in [7, 11) is 0. The molecule has 0 unspecified atom stereocenters. The smallest absolute Gasteiger partial charge is 0.407 e. The number of hydrogen-bond acceptors (Lipinski definition) is 7. The highest BCUT2D eigenvalue weighted by atomic mass is 16.6. The summed E-state index contributed by atoms with van der Waals surface area (Å²) in [6.45, 7) is 7.20. The normalized spacial score (nSPS) is 22.3. The van der Waals surface area contributed by atoms with Gasteiger partial charge in [0, 0.05) is 32.4 Å². The number of nitrogens with one attached hydrogen (secondary N) is 6. The van der Waals surface area contributed by atoms with E-state index < -0.39 is 65.4 Å². The van der Waals surface area contributed by atoms with Gasteiger partial charge in [-0.1, -0.05) is 30.3 Å². The molecule has 6 amide bonds. The van der Waals surface area contributed by atoms with E-state index in [-0.39, 0.29) is 38.6 Å². The zero-order valence-corrected chi connectivity index (χ0v) is 26.5. The van der Waals surface area contributed by atoms with E-state index >= 15 is 0 Å². The molecule has 0 aromatic heterocycles. The molecule has 1 aromatic carbocycles. The van der Waals surface area contributed by atoms with E-state index in [0.29, 0.717) is 19.4 Å². The molecular formula is C32H46N6O7. The van der Waals surface area contributed by atoms with Crippen LogP contribution in [0.5, 0.6) is 0 Å². The minimum atomic E-state index is -1.17. The largest absolute Gasteiger partial charge is 0.444 e. The lowest BCUT2D eigenvalue weighted by Crippen LogP contribution is -2.57. The van der Waals surface area contributed by atoms with Gasteiger partial charge >= 0.3 is 6.09 Å². The summed E-state index contributed by atoms with van der Waals surface area (Å²) in [5, 5.41) is 16.0. The van der Waals surface area contributed by atoms with Crippen LogP contribution in [0.3, 0.4) is 0 Å². The van der Waals surface area contributed by atoms with Crippen LogP contribution in [0.15, 0.2) is 30.3 Å². The summed E-state index contributed by atoms with van der Waals surface area (Å²) in [6.07, 6.45) is 6.51. The molecule has 1 aliphatic rings. The molecule has 1 aliphatic heterocycles. The van der Waals surface area contributed by atoms with Crippen LogP contribution in [0.25, 0.3) is 0 Å². The monoisotopic (exact) mass is 626 g/mol. The Kier molecular flexibility index (Phi) is 14.9. The maximum absolute atomic E-state index is 13.3. The van der Waals surface area contributed by atoms with Gasteiger partial charge in [-0.25, -0.2) is 4.79 Å². The molecule has 13 nitrogen and oxygen atoms in total. The van der Waals surface area contributed by atoms with Gasteiger partial charge in [-0.2, -0.15) is 0 Å². The number of ether oxygens (including phenoxy) is 1. The van der Waals surface area contributed by atoms with Gasteiger partial charge in [-0.3, -0.25) is 24.0 Å². The average molecular weight is 627 g/mol. The van der Waals surface area contributed by atoms with Crippen LogP contribution in [-0.4, -0.2) is 78.5 Å². The summed E-state index contributed by atoms with van der Waals surface area (Å²) in [4.78, 5) is 77.1. The first-order valence-corrected chi connectivity index (χ1v) is 15.2. The van der Waals surface area contributed by atoms with Crippen molar-refractivity contribution in [1.82, 2.24) is 31.9 Å². The highest BCUT2D eigenvalue weighted by molar-refractivity contribution is 5.95. The van der Waals surface area contributed by atoms with Gasteiger partial charge in [0.25, 0.3) is 0 Å². The third-order valence-corrected chi connectivity index (χ3v) is 6.74. The van der Waals surface area contributed by atoms with E-state index in [1.54, 1.807) is 20.8 Å². The van der Waals surface area contributed by atoms with E-state index in [1.807, 2.05) is 30.3 Å². The van der Waals surface area contributed by atoms with Crippen molar-refractivity contribution in [1.29, 1.82) is 0 Å². The molecule has 246 valence electrons. The van der Waals surface area contributed by atoms with Crippen LogP contribution in [-0.2, 0) is 35.1 Å². The van der Waals surface area contributed by atoms with Crippen molar-refractivity contribution in [3.63, 3.8) is 0 Å². The number of unbranched alkanes of at least 4 members (excludes halogenated alkanes) is 1. The Hall–Kier alpha value is -4.60. The van der Waals surface area contributed by atoms with Gasteiger partial charge < -0.3 is 36.6 Å². The lowest BCUT2D eigenvalue weighted by atomic mass is 10.0. The summed E-state index contributed by atoms with van der Waals surface area (Å²) < 4.78 is 5.21. The number of terminal acetylenes is 1. The number of benzene rings is 1. The van der Waals surface area contributed by atoms with Crippen molar-refractivity contribution >= 4 is 35.6 Å². The van der Waals surface area contributed by atoms with Gasteiger partial charge in [-0.05, 0) is 58.9 Å². The maximum atomic E-state index is 13.3. The Bertz CT molecular complexity index is 1220. The number of rotatable bonds is 8. The summed E-state index contributed by atoms with van der Waals surface area (Å²) in [5.74, 6) is -0.383. The van der Waals surface area contributed by atoms with Gasteiger partial charge in [0.15, 0.2) is 0 Å². The van der Waals surface area contributed by atoms with E-state index in [4.69, 9.17) is 11.2 Å². The third kappa shape index (κ3) is 14.2. The fourth-order valence-corrected chi connectivity index (χ4v) is 4.43. The predicted molar refractivity (Wildman–Crippen MR) is 167 cm³/mol. The number of amides is 6. The van der Waals surface area contributed by atoms with Crippen molar-refractivity contribution in [2.45, 2.75) is 102 Å². The van der Waals surface area contributed by atoms with Crippen LogP contribution in [0, 0.1) is 12.3 Å². The van der Waals surface area contributed by atoms with Crippen LogP contribution >= 0.6 is 0 Å². The first-order chi connectivity index (χ1) is 21.3. The van der Waals surface area contributed by atoms with Crippen molar-refractivity contribution in [2.75, 3.05) is 13.1 Å². The first kappa shape index (κ1) is 36.6. The molecule has 0 saturated carbocycles. The number of carbonyl (C=O) groups excluding carboxylic acids is 6. The fraction of sp³-hybridized carbons (Fsp3) is 0.562. The Morgan fingerprint density at radius 1 is 0.911 bits per heavy atom. The molecule has 0 spiro atoms. The minimum Gasteiger partial charge on any atom is -0.444 e. The van der Waals surface area contributed by atoms with Gasteiger partial charge in [0.05, 0.1) is 0 Å². The van der Waals surface area contributed by atoms with E-state index in [0.717, 1.165) is 5.56 Å². The molecule has 0 aliphatic carbocycles. The van der Waals surface area contributed by atoms with Crippen molar-refractivity contribution in [3.8, 4) is 12.3 Å². The van der Waals surface area contributed by atoms with E-state index in [1.165, 1.54) is 6.92 Å². The molecule has 1 fully saturated rings. The second kappa shape index (κ2) is 18.3. The quantitative estimate of drug-likeness (QED) is 0.182. The molecule has 1 aromatic rings. The Morgan fingerprint density at radius 2 is 1.58 bits per heavy atom. The molecule has 4 atom stereocenters. The first-order valence-electron chi connectivity index (χ1n) is 15.2. The summed E-state index contributed by atoms with van der Waals surface area (Å²) in [5.41, 5.74) is 0.171. The number of hydrogen-bond donors (Lipinski definition) is 6. The molecule has 0 bridgehead atoms. The zero-order chi connectivity index (χ0) is 33.4. The van der Waals surface area contributed by atoms with E-state index in [9.17, 15) is 28.8 Å². The third-order valence-electron chi connectivity index (χ3n) is 6.74. The standard InChI is InChI=1S/C32H46N6O7/c1-6-13-23-29(42)35-21(2)27(40)37-24(16-10-11-18-34-31(44)45-32(3,4)5)28(41)33-19-12-17-26(39)36-25(30(43)38-23)20-22-14-8-7-9-15-22/h1,7-9,14-15,21,23-25H,10-13,16-20H2,2-5H3,(H,33,41)(H,34,44)(H,35,42)(H,36,39)(H,37,40)(H,38,43)/t21-,23-,24-,25-/m0/s1. The number of alkyl carbamates (subject to hydrolysis) is 1. The molecule has 1 saturated heterocycles. The predicted octanol–water partition coefficient (Wildman–Crippen LogP) is 0.817. The molecular weight excluding hydrogens is 580 g/mol. The molecule has 45 heavy (non-hydrogen) atoms. The second-order valence-corrected chi connectivity index (χ2v) is 11.9. The second-order valence-electron chi connectivity index (χ2n) is 11.9. The molecule has 2 rings (SSSR count). The molecule has 1 heterocycles. The Labute approximate surface area is 264 Å². The van der Waals surface area contributed by atoms with Gasteiger partial charge in [0.1, 0.15) is 29.8 Å². The Morgan fingerprint density at radius 3 is 2.24 bits per heavy atom. The molecule has 6 N–H and O–H groups in total. The Balaban J connectivity index is 2.14. The average Bonchev–Trinajstić information content (AvgIpc) is 2.96. The highest BCUT2D eigenvalue weighted by Gasteiger charge is 2.30. The van der Waals surface area contributed by atoms with Crippen LogP contribution in [0.1, 0.15) is 71.8 Å². The lowest BCUT2D eigenvalue weighted by molar-refractivity contribution is -0.134. The van der Waals surface area contributed by atoms with Crippen LogP contribution in [0.2, 0.25) is 0 Å². The maximum Gasteiger partial charge on any atom is 0.407 e. The van der Waals surface area contributed by atoms with Crippen molar-refractivity contribution < 1.29 is 33.5 Å². The number of carbonyl (C=O) groups is 6. The minimum absolute atomic E-state index is 0.0253. The van der Waals surface area contributed by atoms with Crippen LogP contribution < -0.4 is 31.9 Å². The zero-order valence-electron chi connectivity index (χ0n) is 26.5. The van der Waals surface area contributed by atoms with Gasteiger partial charge in [0.2, 0.25) is 29.5 Å². The molecule has 0 radical (unpaired) electrons. The fourth-order valence-electron chi connectivity index (χ4n) is 4.43. The van der Waals surface area contributed by atoms with Crippen molar-refractivity contribution in [3.05, 3.63) is 35.9 Å². The van der Waals surface area contributed by atoms with E-state index in [2.05, 4.69) is 37.8 Å². The summed E-state index contributed by atoms with van der Waals surface area (Å²) >= 11 is 0. The SMILES string of the molecule is C#CC[C@@H]1NC(=O)[C@H](Cc2ccccc2)NC(=O)CCCNC(=O)[C@H](CCCCNC(=O)OC(C)(C)C)NC(=O)[C@H](C)NC1=O. The lowest BCUT2D eigenvalue weighted by Gasteiger charge is -2.24. The molecule has 13 heteroatoms. The summed E-state index contributed by atoms with van der Waals surface area (Å²) in [6, 6.07) is 4.94.